The maximum absolute atomic E-state index is 7.86. The van der Waals surface area contributed by atoms with E-state index in [1.165, 1.54) is 5.56 Å². The number of nitrogens with one attached hydrogen (secondary N) is 1. The average Bonchev–Trinajstić information content (AvgIpc) is 2.29. The van der Waals surface area contributed by atoms with E-state index in [0.717, 1.165) is 5.69 Å². The van der Waals surface area contributed by atoms with Crippen LogP contribution in [0.1, 0.15) is 32.3 Å². The topological polar surface area (TPSA) is 30.3 Å². The van der Waals surface area contributed by atoms with E-state index in [1.807, 2.05) is 31.1 Å². The number of thiocarbonyl (C=S) groups is 1. The third-order valence-corrected chi connectivity index (χ3v) is 3.27. The quantitative estimate of drug-likeness (QED) is 0.503. The van der Waals surface area contributed by atoms with Gasteiger partial charge in [0.25, 0.3) is 0 Å². The van der Waals surface area contributed by atoms with Gasteiger partial charge in [-0.1, -0.05) is 26.0 Å². The molecule has 0 aliphatic carbocycles. The standard InChI is InChI=1S/C14H21N3S/c1-10(2)12-6-8-13(9-7-12)17(11(3)15)14(18)16(4)5/h6-10,15H,1-5H3. The lowest BCUT2D eigenvalue weighted by atomic mass is 10.0. The Labute approximate surface area is 115 Å². The average molecular weight is 263 g/mol. The van der Waals surface area contributed by atoms with Crippen LogP contribution in [0, 0.1) is 5.41 Å². The first-order valence-corrected chi connectivity index (χ1v) is 6.42. The predicted octanol–water partition coefficient (Wildman–Crippen LogP) is 3.46. The van der Waals surface area contributed by atoms with Crippen molar-refractivity contribution in [3.63, 3.8) is 0 Å². The molecule has 4 heteroatoms. The minimum absolute atomic E-state index is 0.422. The molecule has 1 N–H and O–H groups in total. The summed E-state index contributed by atoms with van der Waals surface area (Å²) in [5.41, 5.74) is 2.22. The van der Waals surface area contributed by atoms with Crippen LogP contribution < -0.4 is 4.90 Å². The molecule has 0 saturated heterocycles. The summed E-state index contributed by atoms with van der Waals surface area (Å²) < 4.78 is 0. The lowest BCUT2D eigenvalue weighted by Gasteiger charge is -2.28. The fourth-order valence-electron chi connectivity index (χ4n) is 1.66. The highest BCUT2D eigenvalue weighted by molar-refractivity contribution is 7.80. The van der Waals surface area contributed by atoms with Gasteiger partial charge in [0.1, 0.15) is 5.84 Å². The summed E-state index contributed by atoms with van der Waals surface area (Å²) in [6.45, 7) is 6.07. The highest BCUT2D eigenvalue weighted by Crippen LogP contribution is 2.21. The first kappa shape index (κ1) is 14.6. The largest absolute Gasteiger partial charge is 0.355 e. The van der Waals surface area contributed by atoms with E-state index in [2.05, 4.69) is 26.0 Å². The lowest BCUT2D eigenvalue weighted by molar-refractivity contribution is 0.627. The molecule has 0 spiro atoms. The molecule has 0 heterocycles. The molecule has 3 nitrogen and oxygen atoms in total. The summed E-state index contributed by atoms with van der Waals surface area (Å²) in [5.74, 6) is 0.931. The third-order valence-electron chi connectivity index (χ3n) is 2.73. The Balaban J connectivity index is 3.08. The van der Waals surface area contributed by atoms with E-state index in [0.29, 0.717) is 16.9 Å². The van der Waals surface area contributed by atoms with Crippen molar-refractivity contribution in [1.29, 1.82) is 5.41 Å². The molecule has 0 aliphatic heterocycles. The summed E-state index contributed by atoms with van der Waals surface area (Å²) in [6, 6.07) is 8.22. The van der Waals surface area contributed by atoms with E-state index in [1.54, 1.807) is 11.8 Å². The Morgan fingerprint density at radius 2 is 1.67 bits per heavy atom. The van der Waals surface area contributed by atoms with Gasteiger partial charge in [-0.25, -0.2) is 0 Å². The minimum atomic E-state index is 0.422. The van der Waals surface area contributed by atoms with Crippen molar-refractivity contribution in [1.82, 2.24) is 4.90 Å². The van der Waals surface area contributed by atoms with Gasteiger partial charge in [-0.3, -0.25) is 10.3 Å². The molecule has 0 radical (unpaired) electrons. The highest BCUT2D eigenvalue weighted by Gasteiger charge is 2.15. The smallest absolute Gasteiger partial charge is 0.181 e. The Hall–Kier alpha value is -1.42. The Morgan fingerprint density at radius 3 is 2.00 bits per heavy atom. The van der Waals surface area contributed by atoms with Crippen LogP contribution in [0.15, 0.2) is 24.3 Å². The molecule has 0 atom stereocenters. The van der Waals surface area contributed by atoms with Gasteiger partial charge in [0.15, 0.2) is 5.11 Å². The number of nitrogens with zero attached hydrogens (tertiary/aromatic N) is 2. The van der Waals surface area contributed by atoms with Crippen LogP contribution in [0.2, 0.25) is 0 Å². The van der Waals surface area contributed by atoms with Crippen molar-refractivity contribution in [2.24, 2.45) is 0 Å². The molecule has 1 aromatic rings. The van der Waals surface area contributed by atoms with E-state index >= 15 is 0 Å². The van der Waals surface area contributed by atoms with Gasteiger partial charge < -0.3 is 4.90 Å². The summed E-state index contributed by atoms with van der Waals surface area (Å²) in [4.78, 5) is 3.60. The Kier molecular flexibility index (Phi) is 4.84. The van der Waals surface area contributed by atoms with Crippen LogP contribution in [0.3, 0.4) is 0 Å². The number of hydrogen-bond donors (Lipinski definition) is 1. The van der Waals surface area contributed by atoms with E-state index < -0.39 is 0 Å². The van der Waals surface area contributed by atoms with Crippen LogP contribution in [-0.4, -0.2) is 29.9 Å². The Morgan fingerprint density at radius 1 is 1.17 bits per heavy atom. The molecule has 98 valence electrons. The van der Waals surface area contributed by atoms with Gasteiger partial charge in [-0.15, -0.1) is 0 Å². The van der Waals surface area contributed by atoms with Gasteiger partial charge in [-0.05, 0) is 42.8 Å². The first-order valence-electron chi connectivity index (χ1n) is 6.01. The third kappa shape index (κ3) is 3.29. The molecule has 0 aromatic heterocycles. The van der Waals surface area contributed by atoms with Crippen LogP contribution >= 0.6 is 12.2 Å². The zero-order valence-electron chi connectivity index (χ0n) is 11.7. The van der Waals surface area contributed by atoms with Crippen LogP contribution in [0.4, 0.5) is 5.69 Å². The summed E-state index contributed by atoms with van der Waals surface area (Å²) >= 11 is 5.35. The van der Waals surface area contributed by atoms with E-state index in [9.17, 15) is 0 Å². The second-order valence-electron chi connectivity index (χ2n) is 4.84. The summed E-state index contributed by atoms with van der Waals surface area (Å²) in [6.07, 6.45) is 0. The molecule has 18 heavy (non-hydrogen) atoms. The normalized spacial score (nSPS) is 10.3. The molecule has 1 aromatic carbocycles. The molecular formula is C14H21N3S. The lowest BCUT2D eigenvalue weighted by Crippen LogP contribution is -2.41. The van der Waals surface area contributed by atoms with E-state index in [-0.39, 0.29) is 0 Å². The van der Waals surface area contributed by atoms with Gasteiger partial charge in [0.05, 0.1) is 0 Å². The van der Waals surface area contributed by atoms with Gasteiger partial charge in [-0.2, -0.15) is 0 Å². The van der Waals surface area contributed by atoms with Crippen LogP contribution in [0.25, 0.3) is 0 Å². The van der Waals surface area contributed by atoms with Crippen LogP contribution in [0.5, 0.6) is 0 Å². The fraction of sp³-hybridized carbons (Fsp3) is 0.429. The predicted molar refractivity (Wildman–Crippen MR) is 82.7 cm³/mol. The van der Waals surface area contributed by atoms with E-state index in [4.69, 9.17) is 17.6 Å². The minimum Gasteiger partial charge on any atom is -0.355 e. The first-order chi connectivity index (χ1) is 8.34. The highest BCUT2D eigenvalue weighted by atomic mass is 32.1. The second-order valence-corrected chi connectivity index (χ2v) is 5.21. The SMILES string of the molecule is CC(=N)N(C(=S)N(C)C)c1ccc(C(C)C)cc1. The van der Waals surface area contributed by atoms with Crippen molar-refractivity contribution in [3.8, 4) is 0 Å². The number of benzene rings is 1. The van der Waals surface area contributed by atoms with Gasteiger partial charge in [0, 0.05) is 19.8 Å². The van der Waals surface area contributed by atoms with Crippen molar-refractivity contribution >= 4 is 28.9 Å². The zero-order valence-corrected chi connectivity index (χ0v) is 12.5. The van der Waals surface area contributed by atoms with Gasteiger partial charge in [0.2, 0.25) is 0 Å². The number of rotatable bonds is 2. The van der Waals surface area contributed by atoms with Crippen molar-refractivity contribution in [2.75, 3.05) is 19.0 Å². The number of anilines is 1. The Bertz CT molecular complexity index is 435. The monoisotopic (exact) mass is 263 g/mol. The summed E-state index contributed by atoms with van der Waals surface area (Å²) in [7, 11) is 3.78. The van der Waals surface area contributed by atoms with Crippen molar-refractivity contribution in [3.05, 3.63) is 29.8 Å². The number of amidine groups is 1. The molecule has 0 aliphatic rings. The van der Waals surface area contributed by atoms with Crippen molar-refractivity contribution < 1.29 is 0 Å². The molecule has 0 unspecified atom stereocenters. The molecule has 0 fully saturated rings. The zero-order chi connectivity index (χ0) is 13.9. The fourth-order valence-corrected chi connectivity index (χ4v) is 1.90. The van der Waals surface area contributed by atoms with Crippen LogP contribution in [-0.2, 0) is 0 Å². The van der Waals surface area contributed by atoms with Crippen molar-refractivity contribution in [2.45, 2.75) is 26.7 Å². The molecule has 0 saturated carbocycles. The summed E-state index contributed by atoms with van der Waals surface area (Å²) in [5, 5.41) is 8.49. The second kappa shape index (κ2) is 5.96. The number of hydrogen-bond acceptors (Lipinski definition) is 2. The maximum atomic E-state index is 7.86. The maximum Gasteiger partial charge on any atom is 0.181 e. The molecule has 1 rings (SSSR count). The molecule has 0 bridgehead atoms. The van der Waals surface area contributed by atoms with Gasteiger partial charge >= 0.3 is 0 Å². The molecular weight excluding hydrogens is 242 g/mol. The molecule has 0 amide bonds.